The smallest absolute Gasteiger partial charge is 0.324 e. The molecular formula is C30H35N7O2S. The normalized spacial score (nSPS) is 14.2. The summed E-state index contributed by atoms with van der Waals surface area (Å²) in [6, 6.07) is 17.6. The van der Waals surface area contributed by atoms with E-state index >= 15 is 0 Å². The minimum Gasteiger partial charge on any atom is -0.337 e. The van der Waals surface area contributed by atoms with Gasteiger partial charge in [0.1, 0.15) is 5.82 Å². The van der Waals surface area contributed by atoms with Crippen molar-refractivity contribution in [2.45, 2.75) is 52.4 Å². The zero-order chi connectivity index (χ0) is 28.3. The van der Waals surface area contributed by atoms with Gasteiger partial charge in [0, 0.05) is 35.6 Å². The lowest BCUT2D eigenvalue weighted by molar-refractivity contribution is 0.0684. The monoisotopic (exact) mass is 557 g/mol. The van der Waals surface area contributed by atoms with E-state index in [1.165, 1.54) is 17.1 Å². The zero-order valence-corrected chi connectivity index (χ0v) is 24.2. The number of rotatable bonds is 6. The third-order valence-corrected chi connectivity index (χ3v) is 7.72. The Balaban J connectivity index is 1.17. The molecule has 1 aliphatic heterocycles. The minimum absolute atomic E-state index is 0.0301. The van der Waals surface area contributed by atoms with Gasteiger partial charge in [-0.15, -0.1) is 5.10 Å². The molecule has 40 heavy (non-hydrogen) atoms. The largest absolute Gasteiger partial charge is 0.337 e. The van der Waals surface area contributed by atoms with Crippen molar-refractivity contribution in [1.82, 2.24) is 24.3 Å². The lowest BCUT2D eigenvalue weighted by atomic mass is 9.90. The SMILES string of the molecule is Cc1ccc(-n2nc(C(C)(C)C)cc2NC(=O)Nc2ccc(CC3CCN(C(=O)c4csnn4)CC3)cc2)cc1. The van der Waals surface area contributed by atoms with Gasteiger partial charge in [0.25, 0.3) is 5.91 Å². The Morgan fingerprint density at radius 1 is 1.00 bits per heavy atom. The molecule has 1 aliphatic rings. The summed E-state index contributed by atoms with van der Waals surface area (Å²) in [6.45, 7) is 9.81. The maximum atomic E-state index is 12.9. The molecule has 0 radical (unpaired) electrons. The van der Waals surface area contributed by atoms with Crippen LogP contribution in [0.2, 0.25) is 0 Å². The number of aromatic nitrogens is 4. The third kappa shape index (κ3) is 6.56. The highest BCUT2D eigenvalue weighted by Gasteiger charge is 2.25. The Morgan fingerprint density at radius 2 is 1.70 bits per heavy atom. The quantitative estimate of drug-likeness (QED) is 0.299. The highest BCUT2D eigenvalue weighted by Crippen LogP contribution is 2.27. The molecule has 0 unspecified atom stereocenters. The molecule has 9 nitrogen and oxygen atoms in total. The second kappa shape index (κ2) is 11.6. The first kappa shape index (κ1) is 27.5. The summed E-state index contributed by atoms with van der Waals surface area (Å²) < 4.78 is 5.57. The summed E-state index contributed by atoms with van der Waals surface area (Å²) in [6.07, 6.45) is 2.85. The molecule has 0 spiro atoms. The second-order valence-electron chi connectivity index (χ2n) is 11.4. The van der Waals surface area contributed by atoms with Crippen molar-refractivity contribution in [3.05, 3.63) is 82.5 Å². The molecule has 10 heteroatoms. The van der Waals surface area contributed by atoms with Crippen LogP contribution in [-0.2, 0) is 11.8 Å². The molecule has 5 rings (SSSR count). The van der Waals surface area contributed by atoms with Gasteiger partial charge in [0.2, 0.25) is 0 Å². The Labute approximate surface area is 238 Å². The number of anilines is 2. The average Bonchev–Trinajstić information content (AvgIpc) is 3.61. The lowest BCUT2D eigenvalue weighted by Gasteiger charge is -2.31. The van der Waals surface area contributed by atoms with Gasteiger partial charge in [-0.2, -0.15) is 5.10 Å². The fraction of sp³-hybridized carbons (Fsp3) is 0.367. The number of carbonyl (C=O) groups excluding carboxylic acids is 2. The van der Waals surface area contributed by atoms with Crippen LogP contribution in [0.25, 0.3) is 5.69 Å². The molecule has 0 atom stereocenters. The first-order chi connectivity index (χ1) is 19.2. The van der Waals surface area contributed by atoms with Gasteiger partial charge in [-0.25, -0.2) is 9.48 Å². The Morgan fingerprint density at radius 3 is 2.33 bits per heavy atom. The van der Waals surface area contributed by atoms with Gasteiger partial charge in [0.05, 0.1) is 11.4 Å². The summed E-state index contributed by atoms with van der Waals surface area (Å²) in [4.78, 5) is 27.3. The molecule has 2 aromatic heterocycles. The Bertz CT molecular complexity index is 1450. The number of piperidine rings is 1. The maximum absolute atomic E-state index is 12.9. The number of urea groups is 1. The number of nitrogens with one attached hydrogen (secondary N) is 2. The van der Waals surface area contributed by atoms with Crippen molar-refractivity contribution in [2.24, 2.45) is 5.92 Å². The Kier molecular flexibility index (Phi) is 7.97. The van der Waals surface area contributed by atoms with Gasteiger partial charge in [-0.1, -0.05) is 55.1 Å². The molecule has 3 amide bonds. The predicted octanol–water partition coefficient (Wildman–Crippen LogP) is 6.07. The number of aryl methyl sites for hydroxylation is 1. The van der Waals surface area contributed by atoms with E-state index in [0.29, 0.717) is 17.4 Å². The van der Waals surface area contributed by atoms with Crippen LogP contribution in [0.4, 0.5) is 16.3 Å². The van der Waals surface area contributed by atoms with Gasteiger partial charge in [-0.3, -0.25) is 10.1 Å². The summed E-state index contributed by atoms with van der Waals surface area (Å²) >= 11 is 1.20. The second-order valence-corrected chi connectivity index (χ2v) is 12.0. The highest BCUT2D eigenvalue weighted by atomic mass is 32.1. The number of benzene rings is 2. The number of carbonyl (C=O) groups is 2. The maximum Gasteiger partial charge on any atom is 0.324 e. The van der Waals surface area contributed by atoms with Crippen LogP contribution in [0, 0.1) is 12.8 Å². The van der Waals surface area contributed by atoms with Gasteiger partial charge in [-0.05, 0) is 73.5 Å². The van der Waals surface area contributed by atoms with Crippen molar-refractivity contribution in [2.75, 3.05) is 23.7 Å². The fourth-order valence-electron chi connectivity index (χ4n) is 4.82. The number of hydrogen-bond donors (Lipinski definition) is 2. The topological polar surface area (TPSA) is 105 Å². The van der Waals surface area contributed by atoms with Gasteiger partial charge >= 0.3 is 6.03 Å². The number of nitrogens with zero attached hydrogens (tertiary/aromatic N) is 5. The molecule has 208 valence electrons. The standard InChI is InChI=1S/C30H35N7O2S/c1-20-5-11-24(12-6-20)37-27(18-26(34-37)30(2,3)4)32-29(39)31-23-9-7-21(8-10-23)17-22-13-15-36(16-14-22)28(38)25-19-40-35-33-25/h5-12,18-19,22H,13-17H2,1-4H3,(H2,31,32,39). The van der Waals surface area contributed by atoms with Crippen molar-refractivity contribution < 1.29 is 9.59 Å². The highest BCUT2D eigenvalue weighted by molar-refractivity contribution is 7.03. The van der Waals surface area contributed by atoms with Crippen LogP contribution in [0.15, 0.2) is 60.0 Å². The van der Waals surface area contributed by atoms with Crippen molar-refractivity contribution >= 4 is 35.0 Å². The van der Waals surface area contributed by atoms with E-state index < -0.39 is 0 Å². The molecular weight excluding hydrogens is 522 g/mol. The summed E-state index contributed by atoms with van der Waals surface area (Å²) in [5.41, 5.74) is 5.14. The molecule has 3 heterocycles. The van der Waals surface area contributed by atoms with E-state index in [2.05, 4.69) is 53.1 Å². The number of likely N-dealkylation sites (tertiary alicyclic amines) is 1. The van der Waals surface area contributed by atoms with Crippen LogP contribution in [-0.4, -0.2) is 49.3 Å². The molecule has 1 fully saturated rings. The van der Waals surface area contributed by atoms with Gasteiger partial charge in [0.15, 0.2) is 5.69 Å². The fourth-order valence-corrected chi connectivity index (χ4v) is 5.25. The van der Waals surface area contributed by atoms with E-state index in [1.807, 2.05) is 54.3 Å². The van der Waals surface area contributed by atoms with E-state index in [1.54, 1.807) is 10.1 Å². The first-order valence-corrected chi connectivity index (χ1v) is 14.4. The third-order valence-electron chi connectivity index (χ3n) is 7.22. The zero-order valence-electron chi connectivity index (χ0n) is 23.3. The summed E-state index contributed by atoms with van der Waals surface area (Å²) in [5, 5.41) is 16.3. The van der Waals surface area contributed by atoms with Crippen molar-refractivity contribution in [1.29, 1.82) is 0 Å². The van der Waals surface area contributed by atoms with Crippen molar-refractivity contribution in [3.8, 4) is 5.69 Å². The van der Waals surface area contributed by atoms with Crippen LogP contribution in [0.3, 0.4) is 0 Å². The van der Waals surface area contributed by atoms with Crippen LogP contribution >= 0.6 is 11.5 Å². The lowest BCUT2D eigenvalue weighted by Crippen LogP contribution is -2.39. The van der Waals surface area contributed by atoms with E-state index in [4.69, 9.17) is 5.10 Å². The predicted molar refractivity (Wildman–Crippen MR) is 158 cm³/mol. The first-order valence-electron chi connectivity index (χ1n) is 13.6. The van der Waals surface area contributed by atoms with E-state index in [-0.39, 0.29) is 17.4 Å². The number of hydrogen-bond acceptors (Lipinski definition) is 6. The molecule has 1 saturated heterocycles. The van der Waals surface area contributed by atoms with Crippen LogP contribution < -0.4 is 10.6 Å². The minimum atomic E-state index is -0.325. The van der Waals surface area contributed by atoms with Gasteiger partial charge < -0.3 is 10.2 Å². The molecule has 4 aromatic rings. The van der Waals surface area contributed by atoms with E-state index in [9.17, 15) is 9.59 Å². The van der Waals surface area contributed by atoms with Crippen LogP contribution in [0.5, 0.6) is 0 Å². The molecule has 2 aromatic carbocycles. The molecule has 0 saturated carbocycles. The van der Waals surface area contributed by atoms with Crippen molar-refractivity contribution in [3.63, 3.8) is 0 Å². The summed E-state index contributed by atoms with van der Waals surface area (Å²) in [7, 11) is 0. The molecule has 0 bridgehead atoms. The summed E-state index contributed by atoms with van der Waals surface area (Å²) in [5.74, 6) is 1.09. The van der Waals surface area contributed by atoms with E-state index in [0.717, 1.165) is 55.0 Å². The Hall–Kier alpha value is -4.05. The number of amides is 3. The average molecular weight is 558 g/mol. The molecule has 2 N–H and O–H groups in total. The van der Waals surface area contributed by atoms with Crippen LogP contribution in [0.1, 0.15) is 60.9 Å². The molecule has 0 aliphatic carbocycles.